The van der Waals surface area contributed by atoms with Crippen LogP contribution in [0.5, 0.6) is 5.75 Å². The minimum atomic E-state index is -0.135. The molecular weight excluding hydrogens is 378 g/mol. The molecule has 0 spiro atoms. The first-order valence-electron chi connectivity index (χ1n) is 9.07. The number of phenols is 1. The molecule has 1 aromatic carbocycles. The summed E-state index contributed by atoms with van der Waals surface area (Å²) in [5, 5.41) is 10.3. The van der Waals surface area contributed by atoms with E-state index in [0.717, 1.165) is 16.0 Å². The summed E-state index contributed by atoms with van der Waals surface area (Å²) in [5.41, 5.74) is 2.33. The zero-order chi connectivity index (χ0) is 20.0. The van der Waals surface area contributed by atoms with Crippen molar-refractivity contribution in [3.05, 3.63) is 45.8 Å². The van der Waals surface area contributed by atoms with Crippen LogP contribution in [0.25, 0.3) is 0 Å². The van der Waals surface area contributed by atoms with Gasteiger partial charge in [-0.2, -0.15) is 0 Å². The standard InChI is InChI=1S/C20H21N3O4S/c1-21-11-17(26)22(2)20-18(19(21)27)14-6-7-23(10-15(14)28-20)16(25)9-12-4-3-5-13(24)8-12/h3-5,8,24H,6-7,9-11H2,1-2H3. The molecule has 0 radical (unpaired) electrons. The third-order valence-electron chi connectivity index (χ3n) is 5.27. The fraction of sp³-hybridized carbons (Fsp3) is 0.350. The van der Waals surface area contributed by atoms with Crippen LogP contribution >= 0.6 is 11.3 Å². The fourth-order valence-electron chi connectivity index (χ4n) is 3.70. The van der Waals surface area contributed by atoms with Gasteiger partial charge in [0, 0.05) is 25.5 Å². The van der Waals surface area contributed by atoms with Crippen molar-refractivity contribution in [3.63, 3.8) is 0 Å². The van der Waals surface area contributed by atoms with Crippen LogP contribution in [0.1, 0.15) is 26.4 Å². The Morgan fingerprint density at radius 2 is 2.00 bits per heavy atom. The Morgan fingerprint density at radius 3 is 2.75 bits per heavy atom. The van der Waals surface area contributed by atoms with E-state index in [1.54, 1.807) is 42.1 Å². The molecule has 2 aromatic rings. The Kier molecular flexibility index (Phi) is 4.58. The molecule has 0 unspecified atom stereocenters. The van der Waals surface area contributed by atoms with Crippen LogP contribution in [0.3, 0.4) is 0 Å². The van der Waals surface area contributed by atoms with Crippen LogP contribution in [0.4, 0.5) is 5.00 Å². The molecule has 0 saturated heterocycles. The monoisotopic (exact) mass is 399 g/mol. The molecule has 2 aliphatic heterocycles. The van der Waals surface area contributed by atoms with Crippen molar-refractivity contribution < 1.29 is 19.5 Å². The molecule has 7 nitrogen and oxygen atoms in total. The molecule has 146 valence electrons. The predicted octanol–water partition coefficient (Wildman–Crippen LogP) is 1.63. The number of hydrogen-bond acceptors (Lipinski definition) is 5. The second-order valence-electron chi connectivity index (χ2n) is 7.21. The van der Waals surface area contributed by atoms with Crippen LogP contribution in [-0.2, 0) is 29.0 Å². The van der Waals surface area contributed by atoms with Crippen molar-refractivity contribution in [2.45, 2.75) is 19.4 Å². The quantitative estimate of drug-likeness (QED) is 0.832. The van der Waals surface area contributed by atoms with Crippen LogP contribution in [-0.4, -0.2) is 59.8 Å². The number of anilines is 1. The first-order chi connectivity index (χ1) is 13.3. The second kappa shape index (κ2) is 6.94. The van der Waals surface area contributed by atoms with Crippen molar-refractivity contribution in [1.29, 1.82) is 0 Å². The first kappa shape index (κ1) is 18.5. The van der Waals surface area contributed by atoms with E-state index in [1.807, 2.05) is 6.07 Å². The normalized spacial score (nSPS) is 16.7. The highest BCUT2D eigenvalue weighted by Crippen LogP contribution is 2.40. The predicted molar refractivity (Wildman–Crippen MR) is 106 cm³/mol. The van der Waals surface area contributed by atoms with E-state index >= 15 is 0 Å². The van der Waals surface area contributed by atoms with Crippen LogP contribution in [0.15, 0.2) is 24.3 Å². The summed E-state index contributed by atoms with van der Waals surface area (Å²) in [5.74, 6) is -0.133. The van der Waals surface area contributed by atoms with Crippen LogP contribution in [0, 0.1) is 0 Å². The van der Waals surface area contributed by atoms with Gasteiger partial charge in [-0.25, -0.2) is 0 Å². The summed E-state index contributed by atoms with van der Waals surface area (Å²) < 4.78 is 0. The number of thiophene rings is 1. The molecule has 4 rings (SSSR count). The number of carbonyl (C=O) groups is 3. The molecule has 0 fully saturated rings. The number of phenolic OH excluding ortho intramolecular Hbond substituents is 1. The van der Waals surface area contributed by atoms with E-state index in [4.69, 9.17) is 0 Å². The zero-order valence-electron chi connectivity index (χ0n) is 15.8. The summed E-state index contributed by atoms with van der Waals surface area (Å²) in [6.45, 7) is 1.03. The smallest absolute Gasteiger partial charge is 0.257 e. The van der Waals surface area contributed by atoms with Gasteiger partial charge in [-0.05, 0) is 29.7 Å². The Bertz CT molecular complexity index is 984. The largest absolute Gasteiger partial charge is 0.508 e. The van der Waals surface area contributed by atoms with Crippen molar-refractivity contribution in [1.82, 2.24) is 9.80 Å². The van der Waals surface area contributed by atoms with Gasteiger partial charge in [0.2, 0.25) is 11.8 Å². The van der Waals surface area contributed by atoms with Gasteiger partial charge in [0.25, 0.3) is 5.91 Å². The lowest BCUT2D eigenvalue weighted by atomic mass is 10.0. The molecule has 0 bridgehead atoms. The molecule has 3 heterocycles. The molecule has 8 heteroatoms. The molecule has 1 N–H and O–H groups in total. The fourth-order valence-corrected chi connectivity index (χ4v) is 5.03. The van der Waals surface area contributed by atoms with E-state index in [2.05, 4.69) is 0 Å². The maximum atomic E-state index is 12.8. The lowest BCUT2D eigenvalue weighted by Gasteiger charge is -2.27. The van der Waals surface area contributed by atoms with Gasteiger partial charge in [-0.15, -0.1) is 11.3 Å². The third kappa shape index (κ3) is 3.13. The number of carbonyl (C=O) groups excluding carboxylic acids is 3. The van der Waals surface area contributed by atoms with Gasteiger partial charge >= 0.3 is 0 Å². The summed E-state index contributed by atoms with van der Waals surface area (Å²) >= 11 is 1.42. The van der Waals surface area contributed by atoms with Crippen LogP contribution in [0.2, 0.25) is 0 Å². The first-order valence-corrected chi connectivity index (χ1v) is 9.89. The molecular formula is C20H21N3O4S. The summed E-state index contributed by atoms with van der Waals surface area (Å²) in [4.78, 5) is 43.6. The Labute approximate surface area is 166 Å². The van der Waals surface area contributed by atoms with Crippen molar-refractivity contribution in [2.75, 3.05) is 32.1 Å². The maximum Gasteiger partial charge on any atom is 0.257 e. The molecule has 1 aromatic heterocycles. The average Bonchev–Trinajstić information content (AvgIpc) is 3.01. The highest BCUT2D eigenvalue weighted by atomic mass is 32.1. The Hall–Kier alpha value is -2.87. The number of fused-ring (bicyclic) bond motifs is 3. The van der Waals surface area contributed by atoms with E-state index in [9.17, 15) is 19.5 Å². The molecule has 2 aliphatic rings. The minimum Gasteiger partial charge on any atom is -0.508 e. The number of nitrogens with zero attached hydrogens (tertiary/aromatic N) is 3. The molecule has 3 amide bonds. The summed E-state index contributed by atoms with van der Waals surface area (Å²) in [6, 6.07) is 6.70. The Morgan fingerprint density at radius 1 is 1.21 bits per heavy atom. The number of amides is 3. The van der Waals surface area contributed by atoms with Crippen molar-refractivity contribution in [2.24, 2.45) is 0 Å². The average molecular weight is 399 g/mol. The molecule has 0 saturated carbocycles. The maximum absolute atomic E-state index is 12.8. The van der Waals surface area contributed by atoms with E-state index in [1.165, 1.54) is 16.2 Å². The number of likely N-dealkylation sites (N-methyl/N-ethyl adjacent to an activating group) is 2. The molecule has 0 atom stereocenters. The molecule has 0 aliphatic carbocycles. The van der Waals surface area contributed by atoms with Crippen molar-refractivity contribution >= 4 is 34.1 Å². The summed E-state index contributed by atoms with van der Waals surface area (Å²) in [7, 11) is 3.33. The van der Waals surface area contributed by atoms with Gasteiger partial charge in [0.15, 0.2) is 0 Å². The van der Waals surface area contributed by atoms with E-state index in [0.29, 0.717) is 30.1 Å². The Balaban J connectivity index is 1.59. The number of aromatic hydroxyl groups is 1. The van der Waals surface area contributed by atoms with Gasteiger partial charge in [-0.3, -0.25) is 14.4 Å². The van der Waals surface area contributed by atoms with Gasteiger partial charge in [0.1, 0.15) is 17.3 Å². The van der Waals surface area contributed by atoms with E-state index < -0.39 is 0 Å². The second-order valence-corrected chi connectivity index (χ2v) is 8.29. The number of benzene rings is 1. The highest BCUT2D eigenvalue weighted by Gasteiger charge is 2.36. The molecule has 28 heavy (non-hydrogen) atoms. The topological polar surface area (TPSA) is 81.2 Å². The van der Waals surface area contributed by atoms with Gasteiger partial charge in [0.05, 0.1) is 18.5 Å². The van der Waals surface area contributed by atoms with Gasteiger partial charge in [-0.1, -0.05) is 12.1 Å². The number of hydrogen-bond donors (Lipinski definition) is 1. The number of rotatable bonds is 2. The lowest BCUT2D eigenvalue weighted by molar-refractivity contribution is -0.131. The van der Waals surface area contributed by atoms with Gasteiger partial charge < -0.3 is 19.8 Å². The highest BCUT2D eigenvalue weighted by molar-refractivity contribution is 7.17. The lowest BCUT2D eigenvalue weighted by Crippen LogP contribution is -2.37. The van der Waals surface area contributed by atoms with E-state index in [-0.39, 0.29) is 36.4 Å². The minimum absolute atomic E-state index is 0.0206. The summed E-state index contributed by atoms with van der Waals surface area (Å²) in [6.07, 6.45) is 0.809. The van der Waals surface area contributed by atoms with Crippen molar-refractivity contribution in [3.8, 4) is 5.75 Å². The van der Waals surface area contributed by atoms with Crippen LogP contribution < -0.4 is 4.90 Å². The third-order valence-corrected chi connectivity index (χ3v) is 6.56. The zero-order valence-corrected chi connectivity index (χ0v) is 16.6. The SMILES string of the molecule is CN1CC(=O)N(C)c2sc3c(c2C1=O)CCN(C(=O)Cc1cccc(O)c1)C3.